The van der Waals surface area contributed by atoms with E-state index in [1.807, 2.05) is 18.4 Å². The number of aromatic nitrogens is 1. The van der Waals surface area contributed by atoms with Gasteiger partial charge in [-0.1, -0.05) is 13.8 Å². The van der Waals surface area contributed by atoms with E-state index in [0.29, 0.717) is 18.5 Å². The van der Waals surface area contributed by atoms with Gasteiger partial charge in [0.05, 0.1) is 11.4 Å². The molecule has 1 heterocycles. The van der Waals surface area contributed by atoms with Crippen LogP contribution in [0.3, 0.4) is 0 Å². The molecule has 1 aromatic heterocycles. The van der Waals surface area contributed by atoms with E-state index in [1.165, 1.54) is 6.07 Å². The van der Waals surface area contributed by atoms with Crippen LogP contribution >= 0.6 is 0 Å². The minimum atomic E-state index is -0.927. The summed E-state index contributed by atoms with van der Waals surface area (Å²) in [6.45, 7) is 4.03. The highest BCUT2D eigenvalue weighted by atomic mass is 19.2. The van der Waals surface area contributed by atoms with Gasteiger partial charge < -0.3 is 14.8 Å². The molecule has 1 saturated carbocycles. The van der Waals surface area contributed by atoms with E-state index in [1.54, 1.807) is 18.2 Å². The number of hydrogen-bond acceptors (Lipinski definition) is 2. The van der Waals surface area contributed by atoms with Crippen LogP contribution in [0.2, 0.25) is 0 Å². The van der Waals surface area contributed by atoms with Crippen molar-refractivity contribution in [3.8, 4) is 11.4 Å². The van der Waals surface area contributed by atoms with Gasteiger partial charge >= 0.3 is 5.97 Å². The molecule has 28 heavy (non-hydrogen) atoms. The molecule has 0 bridgehead atoms. The molecule has 6 heteroatoms. The Morgan fingerprint density at radius 3 is 2.43 bits per heavy atom. The number of aromatic hydroxyl groups is 1. The summed E-state index contributed by atoms with van der Waals surface area (Å²) < 4.78 is 29.3. The zero-order chi connectivity index (χ0) is 20.2. The van der Waals surface area contributed by atoms with Crippen molar-refractivity contribution < 1.29 is 23.8 Å². The molecule has 0 aliphatic heterocycles. The molecule has 1 aliphatic rings. The van der Waals surface area contributed by atoms with Crippen LogP contribution in [-0.4, -0.2) is 20.7 Å². The highest BCUT2D eigenvalue weighted by Gasteiger charge is 2.39. The average Bonchev–Trinajstić information content (AvgIpc) is 2.90. The Morgan fingerprint density at radius 2 is 1.82 bits per heavy atom. The molecule has 2 N–H and O–H groups in total. The topological polar surface area (TPSA) is 62.5 Å². The highest BCUT2D eigenvalue weighted by Crippen LogP contribution is 2.49. The molecule has 4 rings (SSSR count). The second-order valence-corrected chi connectivity index (χ2v) is 7.79. The molecule has 1 aliphatic carbocycles. The van der Waals surface area contributed by atoms with Gasteiger partial charge in [-0.3, -0.25) is 4.79 Å². The van der Waals surface area contributed by atoms with Crippen molar-refractivity contribution in [2.75, 3.05) is 0 Å². The number of aliphatic carboxylic acids is 1. The van der Waals surface area contributed by atoms with Gasteiger partial charge in [-0.15, -0.1) is 0 Å². The summed E-state index contributed by atoms with van der Waals surface area (Å²) in [5.74, 6) is -2.79. The van der Waals surface area contributed by atoms with E-state index in [2.05, 4.69) is 0 Å². The normalized spacial score (nSPS) is 19.2. The summed E-state index contributed by atoms with van der Waals surface area (Å²) in [5.41, 5.74) is 3.20. The molecule has 3 aromatic rings. The Balaban J connectivity index is 1.98. The molecule has 0 amide bonds. The number of phenolic OH excluding ortho intramolecular Hbond substituents is 1. The van der Waals surface area contributed by atoms with Gasteiger partial charge in [-0.05, 0) is 60.6 Å². The van der Waals surface area contributed by atoms with Crippen molar-refractivity contribution in [3.63, 3.8) is 0 Å². The first kappa shape index (κ1) is 18.5. The lowest BCUT2D eigenvalue weighted by Gasteiger charge is -2.34. The van der Waals surface area contributed by atoms with Gasteiger partial charge in [0.2, 0.25) is 0 Å². The van der Waals surface area contributed by atoms with E-state index in [-0.39, 0.29) is 23.5 Å². The van der Waals surface area contributed by atoms with Gasteiger partial charge in [0.1, 0.15) is 5.75 Å². The fraction of sp³-hybridized carbons (Fsp3) is 0.318. The predicted octanol–water partition coefficient (Wildman–Crippen LogP) is 5.32. The standard InChI is InChI=1S/C22H21F2NO3/c1-11(2)21-20(12-7-13(8-12)22(27)28)16-10-15(26)4-6-19(16)25(21)14-3-5-17(23)18(24)9-14/h3-6,9-13,26H,7-8H2,1-2H3,(H,27,28)/t12-,13-. The Labute approximate surface area is 161 Å². The molecule has 4 nitrogen and oxygen atoms in total. The maximum Gasteiger partial charge on any atom is 0.306 e. The maximum absolute atomic E-state index is 14.0. The lowest BCUT2D eigenvalue weighted by Crippen LogP contribution is -2.29. The van der Waals surface area contributed by atoms with Crippen LogP contribution in [-0.2, 0) is 4.79 Å². The number of rotatable bonds is 4. The predicted molar refractivity (Wildman–Crippen MR) is 102 cm³/mol. The third-order valence-electron chi connectivity index (χ3n) is 5.63. The molecule has 1 fully saturated rings. The summed E-state index contributed by atoms with van der Waals surface area (Å²) in [5, 5.41) is 20.1. The average molecular weight is 385 g/mol. The number of hydrogen-bond donors (Lipinski definition) is 2. The fourth-order valence-corrected chi connectivity index (χ4v) is 4.28. The van der Waals surface area contributed by atoms with Crippen LogP contribution in [0.25, 0.3) is 16.6 Å². The Bertz CT molecular complexity index is 1080. The lowest BCUT2D eigenvalue weighted by atomic mass is 9.70. The molecule has 0 unspecified atom stereocenters. The molecule has 0 spiro atoms. The van der Waals surface area contributed by atoms with Crippen molar-refractivity contribution in [1.82, 2.24) is 4.57 Å². The van der Waals surface area contributed by atoms with Gasteiger partial charge in [-0.25, -0.2) is 8.78 Å². The number of benzene rings is 2. The van der Waals surface area contributed by atoms with Crippen molar-refractivity contribution >= 4 is 16.9 Å². The second-order valence-electron chi connectivity index (χ2n) is 7.79. The lowest BCUT2D eigenvalue weighted by molar-refractivity contribution is -0.145. The maximum atomic E-state index is 14.0. The molecule has 0 radical (unpaired) electrons. The molecule has 2 aromatic carbocycles. The van der Waals surface area contributed by atoms with Gasteiger partial charge in [-0.2, -0.15) is 0 Å². The summed E-state index contributed by atoms with van der Waals surface area (Å²) in [4.78, 5) is 11.3. The zero-order valence-corrected chi connectivity index (χ0v) is 15.6. The first-order valence-electron chi connectivity index (χ1n) is 9.33. The minimum Gasteiger partial charge on any atom is -0.508 e. The number of nitrogens with zero attached hydrogens (tertiary/aromatic N) is 1. The summed E-state index contributed by atoms with van der Waals surface area (Å²) >= 11 is 0. The number of carboxylic acids is 1. The summed E-state index contributed by atoms with van der Waals surface area (Å²) in [7, 11) is 0. The molecular weight excluding hydrogens is 364 g/mol. The van der Waals surface area contributed by atoms with Crippen LogP contribution in [0.5, 0.6) is 5.75 Å². The Morgan fingerprint density at radius 1 is 1.11 bits per heavy atom. The van der Waals surface area contributed by atoms with Gasteiger partial charge in [0.25, 0.3) is 0 Å². The molecule has 0 atom stereocenters. The van der Waals surface area contributed by atoms with Crippen molar-refractivity contribution in [2.45, 2.75) is 38.5 Å². The van der Waals surface area contributed by atoms with Crippen LogP contribution in [0.1, 0.15) is 49.8 Å². The Hall–Kier alpha value is -2.89. The van der Waals surface area contributed by atoms with Crippen molar-refractivity contribution in [1.29, 1.82) is 0 Å². The van der Waals surface area contributed by atoms with Crippen molar-refractivity contribution in [3.05, 3.63) is 59.3 Å². The largest absolute Gasteiger partial charge is 0.508 e. The SMILES string of the molecule is CC(C)c1c([C@H]2C[C@H](C(=O)O)C2)c2cc(O)ccc2n1-c1ccc(F)c(F)c1. The molecule has 146 valence electrons. The molecule has 0 saturated heterocycles. The van der Waals surface area contributed by atoms with E-state index in [0.717, 1.165) is 34.3 Å². The van der Waals surface area contributed by atoms with Crippen LogP contribution in [0, 0.1) is 17.6 Å². The third-order valence-corrected chi connectivity index (χ3v) is 5.63. The highest BCUT2D eigenvalue weighted by molar-refractivity contribution is 5.90. The fourth-order valence-electron chi connectivity index (χ4n) is 4.28. The number of phenols is 1. The van der Waals surface area contributed by atoms with Crippen LogP contribution in [0.4, 0.5) is 8.78 Å². The first-order chi connectivity index (χ1) is 13.3. The van der Waals surface area contributed by atoms with E-state index in [9.17, 15) is 23.8 Å². The first-order valence-corrected chi connectivity index (χ1v) is 9.33. The van der Waals surface area contributed by atoms with E-state index >= 15 is 0 Å². The monoisotopic (exact) mass is 385 g/mol. The quantitative estimate of drug-likeness (QED) is 0.639. The number of fused-ring (bicyclic) bond motifs is 1. The summed E-state index contributed by atoms with van der Waals surface area (Å²) in [6, 6.07) is 8.78. The number of halogens is 2. The second kappa shape index (κ2) is 6.62. The third kappa shape index (κ3) is 2.84. The van der Waals surface area contributed by atoms with Gasteiger partial charge in [0, 0.05) is 22.8 Å². The summed E-state index contributed by atoms with van der Waals surface area (Å²) in [6.07, 6.45) is 1.06. The molecular formula is C22H21F2NO3. The van der Waals surface area contributed by atoms with E-state index < -0.39 is 17.6 Å². The van der Waals surface area contributed by atoms with Crippen LogP contribution in [0.15, 0.2) is 36.4 Å². The van der Waals surface area contributed by atoms with Crippen molar-refractivity contribution in [2.24, 2.45) is 5.92 Å². The zero-order valence-electron chi connectivity index (χ0n) is 15.6. The smallest absolute Gasteiger partial charge is 0.306 e. The Kier molecular flexibility index (Phi) is 4.37. The minimum absolute atomic E-state index is 0.0503. The number of carbonyl (C=O) groups is 1. The van der Waals surface area contributed by atoms with Crippen LogP contribution < -0.4 is 0 Å². The number of carboxylic acid groups (broad SMARTS) is 1. The van der Waals surface area contributed by atoms with Gasteiger partial charge in [0.15, 0.2) is 11.6 Å². The van der Waals surface area contributed by atoms with E-state index in [4.69, 9.17) is 0 Å².